The van der Waals surface area contributed by atoms with Gasteiger partial charge in [0.2, 0.25) is 0 Å². The molecule has 0 saturated carbocycles. The molecule has 0 aromatic heterocycles. The van der Waals surface area contributed by atoms with E-state index in [2.05, 4.69) is 4.74 Å². The lowest BCUT2D eigenvalue weighted by Gasteiger charge is -2.05. The van der Waals surface area contributed by atoms with E-state index in [1.165, 1.54) is 12.7 Å². The molecule has 0 aliphatic carbocycles. The van der Waals surface area contributed by atoms with Gasteiger partial charge in [-0.25, -0.2) is 0 Å². The van der Waals surface area contributed by atoms with Crippen molar-refractivity contribution in [1.29, 1.82) is 0 Å². The molecule has 0 saturated heterocycles. The van der Waals surface area contributed by atoms with Crippen molar-refractivity contribution in [1.82, 2.24) is 0 Å². The van der Waals surface area contributed by atoms with Crippen LogP contribution in [0.1, 0.15) is 28.7 Å². The molecule has 2 aromatic rings. The number of ketones is 1. The number of methoxy groups -OCH3 is 1. The molecular formula is C20H22O3. The number of carbonyl (C=O) groups is 2. The molecule has 120 valence electrons. The first-order valence-electron chi connectivity index (χ1n) is 7.78. The number of ether oxygens (including phenoxy) is 1. The van der Waals surface area contributed by atoms with Crippen LogP contribution in [0.25, 0.3) is 0 Å². The Labute approximate surface area is 137 Å². The van der Waals surface area contributed by atoms with Gasteiger partial charge in [0.25, 0.3) is 0 Å². The fraction of sp³-hybridized carbons (Fsp3) is 0.300. The number of esters is 1. The Morgan fingerprint density at radius 1 is 0.913 bits per heavy atom. The van der Waals surface area contributed by atoms with Gasteiger partial charge >= 0.3 is 5.97 Å². The van der Waals surface area contributed by atoms with E-state index in [-0.39, 0.29) is 11.8 Å². The van der Waals surface area contributed by atoms with E-state index in [1.54, 1.807) is 0 Å². The van der Waals surface area contributed by atoms with Gasteiger partial charge in [-0.2, -0.15) is 0 Å². The van der Waals surface area contributed by atoms with Crippen LogP contribution in [0, 0.1) is 6.92 Å². The Kier molecular flexibility index (Phi) is 6.10. The number of Topliss-reactive ketones (excluding diaryl/α,β-unsaturated/α-hetero) is 1. The Balaban J connectivity index is 1.87. The van der Waals surface area contributed by atoms with Crippen LogP contribution in [0.4, 0.5) is 0 Å². The van der Waals surface area contributed by atoms with E-state index in [0.29, 0.717) is 25.7 Å². The second-order valence-electron chi connectivity index (χ2n) is 5.77. The van der Waals surface area contributed by atoms with Crippen molar-refractivity contribution in [2.45, 2.75) is 32.6 Å². The summed E-state index contributed by atoms with van der Waals surface area (Å²) in [6.07, 6.45) is 1.93. The molecule has 0 radical (unpaired) electrons. The molecule has 0 amide bonds. The van der Waals surface area contributed by atoms with Crippen LogP contribution in [0.5, 0.6) is 0 Å². The van der Waals surface area contributed by atoms with Gasteiger partial charge in [-0.1, -0.05) is 54.1 Å². The molecule has 0 atom stereocenters. The zero-order valence-corrected chi connectivity index (χ0v) is 13.7. The number of carbonyl (C=O) groups excluding carboxylic acids is 2. The van der Waals surface area contributed by atoms with Crippen molar-refractivity contribution in [2.24, 2.45) is 0 Å². The molecule has 3 nitrogen and oxygen atoms in total. The lowest BCUT2D eigenvalue weighted by molar-refractivity contribution is -0.140. The monoisotopic (exact) mass is 310 g/mol. The summed E-state index contributed by atoms with van der Waals surface area (Å²) in [5.41, 5.74) is 4.31. The molecule has 3 heteroatoms. The van der Waals surface area contributed by atoms with Crippen molar-refractivity contribution in [3.05, 3.63) is 70.8 Å². The fourth-order valence-electron chi connectivity index (χ4n) is 2.51. The summed E-state index contributed by atoms with van der Waals surface area (Å²) in [4.78, 5) is 23.3. The number of aryl methyl sites for hydroxylation is 2. The molecule has 0 spiro atoms. The van der Waals surface area contributed by atoms with Crippen molar-refractivity contribution in [3.8, 4) is 0 Å². The summed E-state index contributed by atoms with van der Waals surface area (Å²) in [5.74, 6) is 0.000296. The zero-order valence-electron chi connectivity index (χ0n) is 13.7. The van der Waals surface area contributed by atoms with Crippen LogP contribution in [-0.2, 0) is 33.6 Å². The predicted octanol–water partition coefficient (Wildman–Crippen LogP) is 3.45. The maximum atomic E-state index is 12.2. The number of hydrogen-bond donors (Lipinski definition) is 0. The third-order valence-electron chi connectivity index (χ3n) is 3.75. The van der Waals surface area contributed by atoms with E-state index in [9.17, 15) is 9.59 Å². The Bertz CT molecular complexity index is 672. The second-order valence-corrected chi connectivity index (χ2v) is 5.77. The molecule has 0 aliphatic heterocycles. The van der Waals surface area contributed by atoms with Gasteiger partial charge < -0.3 is 4.74 Å². The molecule has 2 rings (SSSR count). The van der Waals surface area contributed by atoms with E-state index in [1.807, 2.05) is 55.5 Å². The topological polar surface area (TPSA) is 43.4 Å². The molecule has 0 unspecified atom stereocenters. The van der Waals surface area contributed by atoms with Crippen molar-refractivity contribution in [2.75, 3.05) is 7.11 Å². The first-order valence-corrected chi connectivity index (χ1v) is 7.78. The van der Waals surface area contributed by atoms with Gasteiger partial charge in [0.05, 0.1) is 7.11 Å². The smallest absolute Gasteiger partial charge is 0.305 e. The van der Waals surface area contributed by atoms with Crippen molar-refractivity contribution >= 4 is 11.8 Å². The third kappa shape index (κ3) is 5.70. The summed E-state index contributed by atoms with van der Waals surface area (Å²) >= 11 is 0. The molecule has 23 heavy (non-hydrogen) atoms. The average Bonchev–Trinajstić information content (AvgIpc) is 2.53. The van der Waals surface area contributed by atoms with E-state index in [4.69, 9.17) is 0 Å². The number of hydrogen-bond acceptors (Lipinski definition) is 3. The van der Waals surface area contributed by atoms with Crippen LogP contribution in [0.2, 0.25) is 0 Å². The molecule has 0 heterocycles. The summed E-state index contributed by atoms with van der Waals surface area (Å²) in [7, 11) is 1.39. The third-order valence-corrected chi connectivity index (χ3v) is 3.75. The average molecular weight is 310 g/mol. The van der Waals surface area contributed by atoms with E-state index >= 15 is 0 Å². The summed E-state index contributed by atoms with van der Waals surface area (Å²) < 4.78 is 4.63. The lowest BCUT2D eigenvalue weighted by Crippen LogP contribution is -2.07. The zero-order chi connectivity index (χ0) is 16.7. The van der Waals surface area contributed by atoms with Gasteiger partial charge in [-0.3, -0.25) is 9.59 Å². The molecule has 0 fully saturated rings. The highest BCUT2D eigenvalue weighted by Crippen LogP contribution is 2.11. The molecule has 0 N–H and O–H groups in total. The van der Waals surface area contributed by atoms with Gasteiger partial charge in [0.1, 0.15) is 5.78 Å². The molecule has 0 bridgehead atoms. The van der Waals surface area contributed by atoms with Crippen molar-refractivity contribution in [3.63, 3.8) is 0 Å². The minimum Gasteiger partial charge on any atom is -0.469 e. The van der Waals surface area contributed by atoms with Gasteiger partial charge in [-0.15, -0.1) is 0 Å². The molecule has 2 aromatic carbocycles. The predicted molar refractivity (Wildman–Crippen MR) is 90.4 cm³/mol. The highest BCUT2D eigenvalue weighted by atomic mass is 16.5. The quantitative estimate of drug-likeness (QED) is 0.736. The van der Waals surface area contributed by atoms with Crippen LogP contribution in [-0.4, -0.2) is 18.9 Å². The summed E-state index contributed by atoms with van der Waals surface area (Å²) in [5, 5.41) is 0. The van der Waals surface area contributed by atoms with Crippen molar-refractivity contribution < 1.29 is 14.3 Å². The van der Waals surface area contributed by atoms with Gasteiger partial charge in [0, 0.05) is 19.3 Å². The highest BCUT2D eigenvalue weighted by molar-refractivity contribution is 5.83. The largest absolute Gasteiger partial charge is 0.469 e. The number of benzene rings is 2. The maximum Gasteiger partial charge on any atom is 0.305 e. The van der Waals surface area contributed by atoms with Crippen LogP contribution < -0.4 is 0 Å². The van der Waals surface area contributed by atoms with Crippen LogP contribution in [0.15, 0.2) is 48.5 Å². The molecule has 0 aliphatic rings. The van der Waals surface area contributed by atoms with Crippen LogP contribution in [0.3, 0.4) is 0 Å². The highest BCUT2D eigenvalue weighted by Gasteiger charge is 2.06. The standard InChI is InChI=1S/C20H22O3/c1-15-4-3-5-18(12-15)14-19(21)13-17-8-6-16(7-9-17)10-11-20(22)23-2/h3-9,12H,10-11,13-14H2,1-2H3. The van der Waals surface area contributed by atoms with E-state index in [0.717, 1.165) is 16.7 Å². The summed E-state index contributed by atoms with van der Waals surface area (Å²) in [6.45, 7) is 2.03. The Morgan fingerprint density at radius 3 is 2.22 bits per heavy atom. The minimum absolute atomic E-state index is 0.206. The fourth-order valence-corrected chi connectivity index (χ4v) is 2.51. The Hall–Kier alpha value is -2.42. The normalized spacial score (nSPS) is 10.3. The van der Waals surface area contributed by atoms with Gasteiger partial charge in [-0.05, 0) is 30.0 Å². The Morgan fingerprint density at radius 2 is 1.57 bits per heavy atom. The first kappa shape index (κ1) is 16.9. The first-order chi connectivity index (χ1) is 11.1. The number of rotatable bonds is 7. The maximum absolute atomic E-state index is 12.2. The summed E-state index contributed by atoms with van der Waals surface area (Å²) in [6, 6.07) is 15.9. The van der Waals surface area contributed by atoms with Gasteiger partial charge in [0.15, 0.2) is 0 Å². The van der Waals surface area contributed by atoms with Crippen LogP contribution >= 0.6 is 0 Å². The molecular weight excluding hydrogens is 288 g/mol. The second kappa shape index (κ2) is 8.28. The minimum atomic E-state index is -0.206. The lowest BCUT2D eigenvalue weighted by atomic mass is 10.00. The SMILES string of the molecule is COC(=O)CCc1ccc(CC(=O)Cc2cccc(C)c2)cc1. The van der Waals surface area contributed by atoms with E-state index < -0.39 is 0 Å².